The Balaban J connectivity index is 1.74. The van der Waals surface area contributed by atoms with Crippen LogP contribution in [0.1, 0.15) is 42.9 Å². The molecule has 0 radical (unpaired) electrons. The van der Waals surface area contributed by atoms with Crippen molar-refractivity contribution in [3.8, 4) is 22.3 Å². The predicted molar refractivity (Wildman–Crippen MR) is 103 cm³/mol. The van der Waals surface area contributed by atoms with Crippen molar-refractivity contribution in [1.29, 1.82) is 0 Å². The number of halogens is 4. The minimum absolute atomic E-state index is 0.00656. The largest absolute Gasteiger partial charge is 0.206 e. The maximum absolute atomic E-state index is 15.2. The summed E-state index contributed by atoms with van der Waals surface area (Å²) in [7, 11) is 0. The standard InChI is InChI=1S/C24H20F4/c1-2-3-4-5-14-6-8-17-16(10-14)11-19-18(17)13-22(27)23(24(19)28)15-7-9-20(25)21(26)12-15/h6-10,12-13H,2-5,11H2,1H3. The van der Waals surface area contributed by atoms with Gasteiger partial charge in [0.15, 0.2) is 11.6 Å². The molecule has 0 aromatic heterocycles. The van der Waals surface area contributed by atoms with Crippen LogP contribution in [0, 0.1) is 23.3 Å². The molecule has 0 atom stereocenters. The molecule has 3 aromatic carbocycles. The fourth-order valence-corrected chi connectivity index (χ4v) is 3.97. The van der Waals surface area contributed by atoms with E-state index in [2.05, 4.69) is 13.0 Å². The Morgan fingerprint density at radius 3 is 2.36 bits per heavy atom. The predicted octanol–water partition coefficient (Wildman–Crippen LogP) is 7.21. The van der Waals surface area contributed by atoms with E-state index in [1.54, 1.807) is 0 Å². The molecule has 4 rings (SSSR count). The van der Waals surface area contributed by atoms with Gasteiger partial charge in [-0.15, -0.1) is 0 Å². The number of hydrogen-bond acceptors (Lipinski definition) is 0. The van der Waals surface area contributed by atoms with Crippen LogP contribution in [0.15, 0.2) is 42.5 Å². The SMILES string of the molecule is CCCCCc1ccc2c(c1)Cc1c-2cc(F)c(-c2ccc(F)c(F)c2)c1F. The van der Waals surface area contributed by atoms with Gasteiger partial charge in [0.1, 0.15) is 11.6 Å². The smallest absolute Gasteiger partial charge is 0.159 e. The van der Waals surface area contributed by atoms with Crippen molar-refractivity contribution in [3.63, 3.8) is 0 Å². The number of aryl methyl sites for hydroxylation is 1. The van der Waals surface area contributed by atoms with E-state index in [1.807, 2.05) is 12.1 Å². The average Bonchev–Trinajstić information content (AvgIpc) is 3.03. The summed E-state index contributed by atoms with van der Waals surface area (Å²) in [6.45, 7) is 2.15. The van der Waals surface area contributed by atoms with Crippen LogP contribution >= 0.6 is 0 Å². The second kappa shape index (κ2) is 7.42. The Morgan fingerprint density at radius 1 is 0.786 bits per heavy atom. The molecule has 0 spiro atoms. The van der Waals surface area contributed by atoms with Crippen LogP contribution in [0.3, 0.4) is 0 Å². The fourth-order valence-electron chi connectivity index (χ4n) is 3.97. The molecule has 0 unspecified atom stereocenters. The molecule has 0 saturated carbocycles. The lowest BCUT2D eigenvalue weighted by atomic mass is 9.97. The van der Waals surface area contributed by atoms with E-state index in [1.165, 1.54) is 17.7 Å². The van der Waals surface area contributed by atoms with E-state index in [0.29, 0.717) is 17.5 Å². The summed E-state index contributed by atoms with van der Waals surface area (Å²) in [5.74, 6) is -3.66. The highest BCUT2D eigenvalue weighted by Crippen LogP contribution is 2.42. The molecule has 1 aliphatic rings. The van der Waals surface area contributed by atoms with Gasteiger partial charge in [-0.2, -0.15) is 0 Å². The van der Waals surface area contributed by atoms with Gasteiger partial charge in [0, 0.05) is 12.0 Å². The van der Waals surface area contributed by atoms with Gasteiger partial charge in [0.25, 0.3) is 0 Å². The summed E-state index contributed by atoms with van der Waals surface area (Å²) in [4.78, 5) is 0. The Kier molecular flexibility index (Phi) is 4.96. The van der Waals surface area contributed by atoms with Crippen molar-refractivity contribution in [2.45, 2.75) is 39.0 Å². The second-order valence-corrected chi connectivity index (χ2v) is 7.33. The number of rotatable bonds is 5. The van der Waals surface area contributed by atoms with E-state index >= 15 is 4.39 Å². The van der Waals surface area contributed by atoms with Gasteiger partial charge < -0.3 is 0 Å². The molecule has 0 saturated heterocycles. The molecular formula is C24H20F4. The van der Waals surface area contributed by atoms with Crippen molar-refractivity contribution >= 4 is 0 Å². The average molecular weight is 384 g/mol. The minimum Gasteiger partial charge on any atom is -0.206 e. The molecule has 0 fully saturated rings. The topological polar surface area (TPSA) is 0 Å². The van der Waals surface area contributed by atoms with Crippen molar-refractivity contribution in [1.82, 2.24) is 0 Å². The maximum Gasteiger partial charge on any atom is 0.159 e. The lowest BCUT2D eigenvalue weighted by Crippen LogP contribution is -1.98. The summed E-state index contributed by atoms with van der Waals surface area (Å²) in [5.41, 5.74) is 3.63. The Labute approximate surface area is 161 Å². The lowest BCUT2D eigenvalue weighted by Gasteiger charge is -2.11. The van der Waals surface area contributed by atoms with Crippen LogP contribution in [0.5, 0.6) is 0 Å². The lowest BCUT2D eigenvalue weighted by molar-refractivity contribution is 0.508. The van der Waals surface area contributed by atoms with Crippen LogP contribution in [0.2, 0.25) is 0 Å². The van der Waals surface area contributed by atoms with Crippen molar-refractivity contribution < 1.29 is 17.6 Å². The van der Waals surface area contributed by atoms with Crippen LogP contribution in [-0.2, 0) is 12.8 Å². The first-order chi connectivity index (χ1) is 13.5. The summed E-state index contributed by atoms with van der Waals surface area (Å²) in [5, 5.41) is 0. The highest BCUT2D eigenvalue weighted by molar-refractivity contribution is 5.81. The third-order valence-corrected chi connectivity index (χ3v) is 5.42. The van der Waals surface area contributed by atoms with Gasteiger partial charge in [-0.1, -0.05) is 44.0 Å². The zero-order valence-corrected chi connectivity index (χ0v) is 15.6. The zero-order chi connectivity index (χ0) is 19.8. The van der Waals surface area contributed by atoms with E-state index in [4.69, 9.17) is 0 Å². The summed E-state index contributed by atoms with van der Waals surface area (Å²) < 4.78 is 56.7. The number of fused-ring (bicyclic) bond motifs is 3. The Bertz CT molecular complexity index is 1050. The highest BCUT2D eigenvalue weighted by atomic mass is 19.2. The van der Waals surface area contributed by atoms with Gasteiger partial charge in [0.05, 0.1) is 5.56 Å². The van der Waals surface area contributed by atoms with Crippen molar-refractivity contribution in [3.05, 3.63) is 82.4 Å². The van der Waals surface area contributed by atoms with E-state index in [0.717, 1.165) is 48.9 Å². The molecule has 144 valence electrons. The van der Waals surface area contributed by atoms with Gasteiger partial charge >= 0.3 is 0 Å². The molecule has 0 amide bonds. The molecule has 28 heavy (non-hydrogen) atoms. The van der Waals surface area contributed by atoms with Crippen LogP contribution in [0.4, 0.5) is 17.6 Å². The summed E-state index contributed by atoms with van der Waals surface area (Å²) in [6, 6.07) is 10.2. The quantitative estimate of drug-likeness (QED) is 0.252. The molecule has 0 bridgehead atoms. The van der Waals surface area contributed by atoms with E-state index in [-0.39, 0.29) is 11.1 Å². The van der Waals surface area contributed by atoms with Gasteiger partial charge in [-0.25, -0.2) is 17.6 Å². The normalized spacial score (nSPS) is 12.2. The monoisotopic (exact) mass is 384 g/mol. The van der Waals surface area contributed by atoms with Gasteiger partial charge in [-0.3, -0.25) is 0 Å². The van der Waals surface area contributed by atoms with E-state index in [9.17, 15) is 13.2 Å². The van der Waals surface area contributed by atoms with Gasteiger partial charge in [-0.05, 0) is 58.9 Å². The van der Waals surface area contributed by atoms with Crippen LogP contribution < -0.4 is 0 Å². The second-order valence-electron chi connectivity index (χ2n) is 7.33. The van der Waals surface area contributed by atoms with Crippen molar-refractivity contribution in [2.24, 2.45) is 0 Å². The molecule has 0 nitrogen and oxygen atoms in total. The number of benzene rings is 3. The molecular weight excluding hydrogens is 364 g/mol. The zero-order valence-electron chi connectivity index (χ0n) is 15.6. The number of unbranched alkanes of at least 4 members (excludes halogenated alkanes) is 2. The first kappa shape index (κ1) is 18.7. The molecule has 0 N–H and O–H groups in total. The maximum atomic E-state index is 15.2. The Morgan fingerprint density at radius 2 is 1.61 bits per heavy atom. The fraction of sp³-hybridized carbons (Fsp3) is 0.250. The third kappa shape index (κ3) is 3.21. The first-order valence-electron chi connectivity index (χ1n) is 9.58. The Hall–Kier alpha value is -2.62. The number of hydrogen-bond donors (Lipinski definition) is 0. The van der Waals surface area contributed by atoms with Crippen LogP contribution in [-0.4, -0.2) is 0 Å². The first-order valence-corrected chi connectivity index (χ1v) is 9.58. The molecule has 3 aromatic rings. The van der Waals surface area contributed by atoms with E-state index < -0.39 is 23.3 Å². The summed E-state index contributed by atoms with van der Waals surface area (Å²) >= 11 is 0. The molecule has 0 aliphatic heterocycles. The van der Waals surface area contributed by atoms with Crippen molar-refractivity contribution in [2.75, 3.05) is 0 Å². The van der Waals surface area contributed by atoms with Gasteiger partial charge in [0.2, 0.25) is 0 Å². The minimum atomic E-state index is -1.13. The highest BCUT2D eigenvalue weighted by Gasteiger charge is 2.27. The molecule has 1 aliphatic carbocycles. The molecule has 0 heterocycles. The van der Waals surface area contributed by atoms with Crippen LogP contribution in [0.25, 0.3) is 22.3 Å². The molecule has 4 heteroatoms. The third-order valence-electron chi connectivity index (χ3n) is 5.42. The summed E-state index contributed by atoms with van der Waals surface area (Å²) in [6.07, 6.45) is 4.75.